The molecule has 164 valence electrons. The molecule has 1 N–H and O–H groups in total. The number of amides is 1. The van der Waals surface area contributed by atoms with Gasteiger partial charge in [0.1, 0.15) is 0 Å². The molecule has 5 heteroatoms. The molecular weight excluding hydrogens is 384 g/mol. The van der Waals surface area contributed by atoms with Crippen molar-refractivity contribution in [3.8, 4) is 0 Å². The highest BCUT2D eigenvalue weighted by atomic mass is 16.2. The first-order valence-corrected chi connectivity index (χ1v) is 11.7. The van der Waals surface area contributed by atoms with Gasteiger partial charge in [0.05, 0.1) is 0 Å². The molecule has 0 aromatic heterocycles. The maximum atomic E-state index is 12.4. The van der Waals surface area contributed by atoms with Crippen LogP contribution in [0.2, 0.25) is 0 Å². The number of piperazine rings is 1. The number of nitrogens with one attached hydrogen (secondary N) is 1. The van der Waals surface area contributed by atoms with Crippen molar-refractivity contribution in [2.24, 2.45) is 5.10 Å². The van der Waals surface area contributed by atoms with Gasteiger partial charge in [-0.3, -0.25) is 14.6 Å². The standard InChI is InChI=1S/C26H34N4O/c31-26(28-27-25-10-6-1-2-7-11-25)24-14-12-23(13-15-24)21-30-18-16-29(17-19-30)20-22-8-4-3-5-9-22/h3-5,8-9,12-15H,1-2,6-7,10-11,16-21H2,(H,28,31). The zero-order valence-corrected chi connectivity index (χ0v) is 18.4. The number of carbonyl (C=O) groups excluding carboxylic acids is 1. The van der Waals surface area contributed by atoms with Crippen molar-refractivity contribution in [3.63, 3.8) is 0 Å². The van der Waals surface area contributed by atoms with Crippen LogP contribution in [-0.4, -0.2) is 47.6 Å². The summed E-state index contributed by atoms with van der Waals surface area (Å²) < 4.78 is 0. The summed E-state index contributed by atoms with van der Waals surface area (Å²) >= 11 is 0. The minimum Gasteiger partial charge on any atom is -0.297 e. The number of nitrogens with zero attached hydrogens (tertiary/aromatic N) is 3. The fourth-order valence-corrected chi connectivity index (χ4v) is 4.41. The zero-order chi connectivity index (χ0) is 21.3. The van der Waals surface area contributed by atoms with E-state index in [-0.39, 0.29) is 5.91 Å². The number of benzene rings is 2. The lowest BCUT2D eigenvalue weighted by Crippen LogP contribution is -2.45. The Balaban J connectivity index is 1.22. The SMILES string of the molecule is O=C(NN=C1CCCCCC1)c1ccc(CN2CCN(Cc3ccccc3)CC2)cc1. The van der Waals surface area contributed by atoms with Crippen molar-refractivity contribution in [1.29, 1.82) is 0 Å². The molecule has 0 atom stereocenters. The van der Waals surface area contributed by atoms with Crippen molar-refractivity contribution >= 4 is 11.6 Å². The van der Waals surface area contributed by atoms with E-state index in [4.69, 9.17) is 0 Å². The van der Waals surface area contributed by atoms with Gasteiger partial charge in [0.15, 0.2) is 0 Å². The molecule has 0 unspecified atom stereocenters. The van der Waals surface area contributed by atoms with Gasteiger partial charge in [-0.1, -0.05) is 55.3 Å². The maximum Gasteiger partial charge on any atom is 0.271 e. The molecule has 2 aliphatic rings. The van der Waals surface area contributed by atoms with E-state index >= 15 is 0 Å². The summed E-state index contributed by atoms with van der Waals surface area (Å²) in [5.41, 5.74) is 7.20. The molecule has 0 spiro atoms. The summed E-state index contributed by atoms with van der Waals surface area (Å²) in [7, 11) is 0. The highest BCUT2D eigenvalue weighted by Gasteiger charge is 2.17. The van der Waals surface area contributed by atoms with Crippen molar-refractivity contribution in [2.45, 2.75) is 51.6 Å². The molecule has 1 saturated carbocycles. The molecule has 2 aromatic carbocycles. The molecule has 1 amide bonds. The van der Waals surface area contributed by atoms with Crippen molar-refractivity contribution < 1.29 is 4.79 Å². The van der Waals surface area contributed by atoms with E-state index < -0.39 is 0 Å². The molecule has 1 saturated heterocycles. The first-order chi connectivity index (χ1) is 15.3. The van der Waals surface area contributed by atoms with E-state index in [9.17, 15) is 4.79 Å². The second-order valence-corrected chi connectivity index (χ2v) is 8.77. The Hall–Kier alpha value is -2.50. The Labute approximate surface area is 186 Å². The third-order valence-electron chi connectivity index (χ3n) is 6.33. The van der Waals surface area contributed by atoms with E-state index in [1.165, 1.54) is 36.8 Å². The molecule has 31 heavy (non-hydrogen) atoms. The van der Waals surface area contributed by atoms with Gasteiger partial charge in [0.2, 0.25) is 0 Å². The average molecular weight is 419 g/mol. The van der Waals surface area contributed by atoms with Gasteiger partial charge < -0.3 is 0 Å². The molecule has 0 bridgehead atoms. The summed E-state index contributed by atoms with van der Waals surface area (Å²) in [5.74, 6) is -0.113. The highest BCUT2D eigenvalue weighted by molar-refractivity contribution is 5.95. The van der Waals surface area contributed by atoms with Crippen LogP contribution in [-0.2, 0) is 13.1 Å². The molecule has 5 nitrogen and oxygen atoms in total. The van der Waals surface area contributed by atoms with E-state index in [1.807, 2.05) is 12.1 Å². The quantitative estimate of drug-likeness (QED) is 0.557. The number of hydrazone groups is 1. The summed E-state index contributed by atoms with van der Waals surface area (Å²) in [5, 5.41) is 4.38. The van der Waals surface area contributed by atoms with E-state index in [2.05, 4.69) is 62.8 Å². The normalized spacial score (nSPS) is 18.4. The first kappa shape index (κ1) is 21.7. The molecule has 2 aromatic rings. The molecule has 2 fully saturated rings. The smallest absolute Gasteiger partial charge is 0.271 e. The number of hydrogen-bond donors (Lipinski definition) is 1. The Kier molecular flexibility index (Phi) is 7.86. The van der Waals surface area contributed by atoms with E-state index in [0.717, 1.165) is 57.8 Å². The fraction of sp³-hybridized carbons (Fsp3) is 0.462. The lowest BCUT2D eigenvalue weighted by atomic mass is 10.1. The van der Waals surface area contributed by atoms with Crippen LogP contribution in [0.5, 0.6) is 0 Å². The van der Waals surface area contributed by atoms with Crippen LogP contribution in [0, 0.1) is 0 Å². The van der Waals surface area contributed by atoms with Gasteiger partial charge >= 0.3 is 0 Å². The predicted molar refractivity (Wildman–Crippen MR) is 126 cm³/mol. The lowest BCUT2D eigenvalue weighted by Gasteiger charge is -2.34. The van der Waals surface area contributed by atoms with E-state index in [0.29, 0.717) is 5.56 Å². The third-order valence-corrected chi connectivity index (χ3v) is 6.33. The van der Waals surface area contributed by atoms with Crippen LogP contribution in [0.1, 0.15) is 60.0 Å². The highest BCUT2D eigenvalue weighted by Crippen LogP contribution is 2.15. The van der Waals surface area contributed by atoms with Crippen LogP contribution in [0.15, 0.2) is 59.7 Å². The Bertz CT molecular complexity index is 845. The molecule has 0 radical (unpaired) electrons. The van der Waals surface area contributed by atoms with Gasteiger partial charge in [-0.2, -0.15) is 5.10 Å². The van der Waals surface area contributed by atoms with Crippen molar-refractivity contribution in [3.05, 3.63) is 71.3 Å². The van der Waals surface area contributed by atoms with Gasteiger partial charge in [-0.25, -0.2) is 5.43 Å². The van der Waals surface area contributed by atoms with Crippen molar-refractivity contribution in [2.75, 3.05) is 26.2 Å². The van der Waals surface area contributed by atoms with Crippen molar-refractivity contribution in [1.82, 2.24) is 15.2 Å². The molecule has 1 heterocycles. The zero-order valence-electron chi connectivity index (χ0n) is 18.4. The average Bonchev–Trinajstić information content (AvgIpc) is 3.09. The van der Waals surface area contributed by atoms with Crippen LogP contribution in [0.3, 0.4) is 0 Å². The first-order valence-electron chi connectivity index (χ1n) is 11.7. The summed E-state index contributed by atoms with van der Waals surface area (Å²) in [6, 6.07) is 18.7. The molecule has 1 aliphatic carbocycles. The number of rotatable bonds is 6. The topological polar surface area (TPSA) is 47.9 Å². The molecular formula is C26H34N4O. The second-order valence-electron chi connectivity index (χ2n) is 8.77. The number of carbonyl (C=O) groups is 1. The maximum absolute atomic E-state index is 12.4. The van der Waals surface area contributed by atoms with Crippen LogP contribution in [0.4, 0.5) is 0 Å². The lowest BCUT2D eigenvalue weighted by molar-refractivity contribution is 0.0954. The fourth-order valence-electron chi connectivity index (χ4n) is 4.41. The summed E-state index contributed by atoms with van der Waals surface area (Å²) in [6.45, 7) is 6.30. The molecule has 1 aliphatic heterocycles. The Morgan fingerprint density at radius 1 is 0.742 bits per heavy atom. The Morgan fingerprint density at radius 2 is 1.29 bits per heavy atom. The minimum atomic E-state index is -0.113. The Morgan fingerprint density at radius 3 is 1.87 bits per heavy atom. The monoisotopic (exact) mass is 418 g/mol. The minimum absolute atomic E-state index is 0.113. The van der Waals surface area contributed by atoms with Gasteiger partial charge in [-0.15, -0.1) is 0 Å². The summed E-state index contributed by atoms with van der Waals surface area (Å²) in [4.78, 5) is 17.4. The summed E-state index contributed by atoms with van der Waals surface area (Å²) in [6.07, 6.45) is 6.94. The van der Waals surface area contributed by atoms with E-state index in [1.54, 1.807) is 0 Å². The predicted octanol–water partition coefficient (Wildman–Crippen LogP) is 4.44. The third kappa shape index (κ3) is 6.74. The second kappa shape index (κ2) is 11.2. The number of hydrogen-bond acceptors (Lipinski definition) is 4. The van der Waals surface area contributed by atoms with Crippen LogP contribution in [0.25, 0.3) is 0 Å². The van der Waals surface area contributed by atoms with Crippen LogP contribution < -0.4 is 5.43 Å². The largest absolute Gasteiger partial charge is 0.297 e. The van der Waals surface area contributed by atoms with Gasteiger partial charge in [0, 0.05) is 50.5 Å². The van der Waals surface area contributed by atoms with Gasteiger partial charge in [-0.05, 0) is 48.9 Å². The van der Waals surface area contributed by atoms with Gasteiger partial charge in [0.25, 0.3) is 5.91 Å². The molecule has 4 rings (SSSR count). The van der Waals surface area contributed by atoms with Crippen LogP contribution >= 0.6 is 0 Å².